The monoisotopic (exact) mass is 456 g/mol. The Kier molecular flexibility index (Phi) is 4.74. The summed E-state index contributed by atoms with van der Waals surface area (Å²) in [7, 11) is 1.58. The number of imidazole rings is 1. The van der Waals surface area contributed by atoms with Gasteiger partial charge in [-0.3, -0.25) is 9.20 Å². The molecule has 4 heterocycles. The molecule has 1 aromatic carbocycles. The summed E-state index contributed by atoms with van der Waals surface area (Å²) in [6.07, 6.45) is -0.392. The molecule has 1 aliphatic heterocycles. The van der Waals surface area contributed by atoms with Crippen molar-refractivity contribution in [2.75, 3.05) is 19.4 Å². The first-order valence-electron chi connectivity index (χ1n) is 10.1. The summed E-state index contributed by atoms with van der Waals surface area (Å²) in [5.74, 6) is -0.114. The van der Waals surface area contributed by atoms with E-state index in [-0.39, 0.29) is 12.3 Å². The number of nitrogens with zero attached hydrogens (tertiary/aromatic N) is 5. The molecule has 1 aliphatic rings. The molecule has 0 saturated carbocycles. The molecule has 2 N–H and O–H groups in total. The summed E-state index contributed by atoms with van der Waals surface area (Å²) in [5, 5.41) is 0. The Labute approximate surface area is 185 Å². The maximum Gasteiger partial charge on any atom is 0.416 e. The smallest absolute Gasteiger partial charge is 0.382 e. The van der Waals surface area contributed by atoms with E-state index in [9.17, 15) is 18.0 Å². The molecule has 0 aliphatic carbocycles. The third-order valence-electron chi connectivity index (χ3n) is 5.99. The summed E-state index contributed by atoms with van der Waals surface area (Å²) in [6.45, 7) is 1.84. The van der Waals surface area contributed by atoms with E-state index in [2.05, 4.69) is 15.0 Å². The van der Waals surface area contributed by atoms with Crippen LogP contribution in [0.15, 0.2) is 43.0 Å². The van der Waals surface area contributed by atoms with Crippen molar-refractivity contribution >= 4 is 28.3 Å². The highest BCUT2D eigenvalue weighted by Gasteiger charge is 2.36. The molecule has 170 valence electrons. The molecule has 4 aromatic rings. The Bertz CT molecular complexity index is 1400. The van der Waals surface area contributed by atoms with Gasteiger partial charge in [0.1, 0.15) is 22.5 Å². The van der Waals surface area contributed by atoms with Crippen molar-refractivity contribution in [3.8, 4) is 0 Å². The Hall–Kier alpha value is -3.73. The molecule has 0 saturated heterocycles. The Morgan fingerprint density at radius 1 is 1.21 bits per heavy atom. The second kappa shape index (κ2) is 7.41. The van der Waals surface area contributed by atoms with Gasteiger partial charge in [0.05, 0.1) is 48.6 Å². The molecule has 2 atom stereocenters. The standard InChI is InChI=1S/C22H19F3N6O2/c1-11-14-5-12(22(23,24)25)3-4-13(14)19(9-33-11)30(2)21(32)15-6-17-16(7-28-15)29-20(26)18-8-27-10-31(17)18/h3-8,10-11,19H,9H2,1-2H3,(H2,26,29)/t11-,19+/m0/s1. The number of aromatic nitrogens is 4. The molecular weight excluding hydrogens is 437 g/mol. The first-order valence-corrected chi connectivity index (χ1v) is 10.1. The molecule has 8 nitrogen and oxygen atoms in total. The predicted octanol–water partition coefficient (Wildman–Crippen LogP) is 3.78. The van der Waals surface area contributed by atoms with Gasteiger partial charge >= 0.3 is 6.18 Å². The van der Waals surface area contributed by atoms with Gasteiger partial charge in [-0.15, -0.1) is 0 Å². The largest absolute Gasteiger partial charge is 0.416 e. The number of carbonyl (C=O) groups is 1. The number of alkyl halides is 3. The highest BCUT2D eigenvalue weighted by Crippen LogP contribution is 2.39. The van der Waals surface area contributed by atoms with E-state index in [0.717, 1.165) is 12.1 Å². The molecule has 1 amide bonds. The number of hydrogen-bond acceptors (Lipinski definition) is 6. The van der Waals surface area contributed by atoms with Crippen LogP contribution in [0.4, 0.5) is 19.0 Å². The van der Waals surface area contributed by atoms with Crippen molar-refractivity contribution in [2.24, 2.45) is 0 Å². The number of halogens is 3. The molecule has 0 spiro atoms. The van der Waals surface area contributed by atoms with Gasteiger partial charge in [0.15, 0.2) is 0 Å². The Morgan fingerprint density at radius 3 is 2.76 bits per heavy atom. The van der Waals surface area contributed by atoms with Crippen LogP contribution in [0.25, 0.3) is 16.6 Å². The molecule has 0 fully saturated rings. The van der Waals surface area contributed by atoms with Crippen LogP contribution in [0, 0.1) is 0 Å². The minimum Gasteiger partial charge on any atom is -0.382 e. The number of benzene rings is 1. The second-order valence-corrected chi connectivity index (χ2v) is 7.95. The Morgan fingerprint density at radius 2 is 2.00 bits per heavy atom. The number of ether oxygens (including phenoxy) is 1. The van der Waals surface area contributed by atoms with Gasteiger partial charge in [-0.05, 0) is 36.2 Å². The van der Waals surface area contributed by atoms with Crippen LogP contribution in [0.3, 0.4) is 0 Å². The van der Waals surface area contributed by atoms with Gasteiger partial charge in [0.25, 0.3) is 5.91 Å². The maximum absolute atomic E-state index is 13.3. The number of nitrogens with two attached hydrogens (primary N) is 1. The molecule has 5 rings (SSSR count). The van der Waals surface area contributed by atoms with Crippen LogP contribution in [0.2, 0.25) is 0 Å². The van der Waals surface area contributed by atoms with Crippen molar-refractivity contribution in [1.82, 2.24) is 24.3 Å². The van der Waals surface area contributed by atoms with Crippen LogP contribution in [-0.2, 0) is 10.9 Å². The van der Waals surface area contributed by atoms with Gasteiger partial charge in [-0.2, -0.15) is 13.2 Å². The lowest BCUT2D eigenvalue weighted by Gasteiger charge is -2.36. The first-order chi connectivity index (χ1) is 15.6. The highest BCUT2D eigenvalue weighted by atomic mass is 19.4. The minimum absolute atomic E-state index is 0.152. The summed E-state index contributed by atoms with van der Waals surface area (Å²) in [4.78, 5) is 27.4. The van der Waals surface area contributed by atoms with Crippen molar-refractivity contribution in [3.05, 3.63) is 65.4 Å². The average molecular weight is 456 g/mol. The minimum atomic E-state index is -4.46. The number of fused-ring (bicyclic) bond motifs is 4. The number of rotatable bonds is 2. The number of likely N-dealkylation sites (N-methyl/N-ethyl adjacent to an activating group) is 1. The van der Waals surface area contributed by atoms with E-state index < -0.39 is 29.8 Å². The number of nitrogen functional groups attached to an aromatic ring is 1. The number of anilines is 1. The van der Waals surface area contributed by atoms with E-state index in [0.29, 0.717) is 33.5 Å². The van der Waals surface area contributed by atoms with Crippen LogP contribution in [0.5, 0.6) is 0 Å². The summed E-state index contributed by atoms with van der Waals surface area (Å²) in [6, 6.07) is 4.56. The van der Waals surface area contributed by atoms with Gasteiger partial charge in [0.2, 0.25) is 0 Å². The first kappa shape index (κ1) is 21.1. The zero-order chi connectivity index (χ0) is 23.5. The molecular formula is C22H19F3N6O2. The number of amides is 1. The SMILES string of the molecule is C[C@@H]1OC[C@@H](N(C)C(=O)c2cc3c(cn2)nc(N)c2cncn23)c2ccc(C(F)(F)F)cc21. The molecule has 3 aromatic heterocycles. The molecule has 11 heteroatoms. The summed E-state index contributed by atoms with van der Waals surface area (Å²) < 4.78 is 47.0. The van der Waals surface area contributed by atoms with Crippen molar-refractivity contribution < 1.29 is 22.7 Å². The van der Waals surface area contributed by atoms with Gasteiger partial charge < -0.3 is 15.4 Å². The normalized spacial score (nSPS) is 18.5. The topological polar surface area (TPSA) is 98.6 Å². The van der Waals surface area contributed by atoms with E-state index in [4.69, 9.17) is 10.5 Å². The predicted molar refractivity (Wildman–Crippen MR) is 113 cm³/mol. The quantitative estimate of drug-likeness (QED) is 0.493. The third kappa shape index (κ3) is 3.44. The fraction of sp³-hybridized carbons (Fsp3) is 0.273. The molecule has 0 unspecified atom stereocenters. The van der Waals surface area contributed by atoms with Crippen LogP contribution in [0.1, 0.15) is 46.2 Å². The van der Waals surface area contributed by atoms with E-state index in [1.54, 1.807) is 37.0 Å². The van der Waals surface area contributed by atoms with E-state index in [1.807, 2.05) is 0 Å². The van der Waals surface area contributed by atoms with Crippen molar-refractivity contribution in [1.29, 1.82) is 0 Å². The zero-order valence-corrected chi connectivity index (χ0v) is 17.7. The van der Waals surface area contributed by atoms with Crippen LogP contribution >= 0.6 is 0 Å². The lowest BCUT2D eigenvalue weighted by Crippen LogP contribution is -2.37. The third-order valence-corrected chi connectivity index (χ3v) is 5.99. The summed E-state index contributed by atoms with van der Waals surface area (Å²) >= 11 is 0. The highest BCUT2D eigenvalue weighted by molar-refractivity contribution is 5.96. The second-order valence-electron chi connectivity index (χ2n) is 7.95. The fourth-order valence-corrected chi connectivity index (χ4v) is 4.16. The lowest BCUT2D eigenvalue weighted by atomic mass is 9.92. The molecule has 33 heavy (non-hydrogen) atoms. The van der Waals surface area contributed by atoms with Gasteiger partial charge in [0, 0.05) is 7.05 Å². The number of carbonyl (C=O) groups excluding carboxylic acids is 1. The summed E-state index contributed by atoms with van der Waals surface area (Å²) in [5.41, 5.74) is 8.07. The molecule has 0 bridgehead atoms. The van der Waals surface area contributed by atoms with Crippen LogP contribution in [-0.4, -0.2) is 43.8 Å². The number of pyridine rings is 1. The maximum atomic E-state index is 13.3. The van der Waals surface area contributed by atoms with Crippen LogP contribution < -0.4 is 5.73 Å². The Balaban J connectivity index is 1.52. The van der Waals surface area contributed by atoms with Gasteiger partial charge in [-0.25, -0.2) is 15.0 Å². The van der Waals surface area contributed by atoms with Crippen molar-refractivity contribution in [3.63, 3.8) is 0 Å². The fourth-order valence-electron chi connectivity index (χ4n) is 4.16. The van der Waals surface area contributed by atoms with Gasteiger partial charge in [-0.1, -0.05) is 6.07 Å². The van der Waals surface area contributed by atoms with E-state index >= 15 is 0 Å². The lowest BCUT2D eigenvalue weighted by molar-refractivity contribution is -0.137. The average Bonchev–Trinajstić information content (AvgIpc) is 3.29. The van der Waals surface area contributed by atoms with E-state index in [1.165, 1.54) is 17.2 Å². The molecule has 0 radical (unpaired) electrons. The zero-order valence-electron chi connectivity index (χ0n) is 17.7. The van der Waals surface area contributed by atoms with Crippen molar-refractivity contribution in [2.45, 2.75) is 25.2 Å². The number of hydrogen-bond donors (Lipinski definition) is 1.